The maximum Gasteiger partial charge on any atom is 0.0887 e. The average Bonchev–Trinajstić information content (AvgIpc) is 3.70. The highest BCUT2D eigenvalue weighted by Crippen LogP contribution is 2.51. The summed E-state index contributed by atoms with van der Waals surface area (Å²) in [6.45, 7) is 31.6. The normalized spacial score (nSPS) is 12.5. The van der Waals surface area contributed by atoms with Gasteiger partial charge in [-0.05, 0) is 138 Å². The fourth-order valence-electron chi connectivity index (χ4n) is 8.95. The van der Waals surface area contributed by atoms with Crippen molar-refractivity contribution < 1.29 is 0 Å². The van der Waals surface area contributed by atoms with Crippen molar-refractivity contribution in [3.05, 3.63) is 189 Å². The van der Waals surface area contributed by atoms with E-state index in [0.717, 1.165) is 61.9 Å². The Hall–Kier alpha value is -5.32. The number of hydrogen-bond acceptors (Lipinski definition) is 3. The van der Waals surface area contributed by atoms with E-state index in [-0.39, 0.29) is 21.7 Å². The maximum absolute atomic E-state index is 8.03. The molecule has 0 N–H and O–H groups in total. The summed E-state index contributed by atoms with van der Waals surface area (Å²) in [5, 5.41) is 4.74. The Balaban J connectivity index is 1.38. The summed E-state index contributed by atoms with van der Waals surface area (Å²) in [6.07, 6.45) is 0. The monoisotopic (exact) mass is 954 g/mol. The Kier molecular flexibility index (Phi) is 13.4. The number of nitrogens with zero attached hydrogens (tertiary/aromatic N) is 2. The van der Waals surface area contributed by atoms with Crippen LogP contribution in [0.2, 0.25) is 10.0 Å². The second kappa shape index (κ2) is 18.5. The molecule has 1 aromatic heterocycles. The number of thiophene rings is 1. The molecule has 0 saturated heterocycles. The van der Waals surface area contributed by atoms with Gasteiger partial charge in [0.1, 0.15) is 0 Å². The zero-order chi connectivity index (χ0) is 49.1. The molecule has 0 spiro atoms. The van der Waals surface area contributed by atoms with Crippen molar-refractivity contribution >= 4 is 78.7 Å². The van der Waals surface area contributed by atoms with E-state index < -0.39 is 0 Å². The van der Waals surface area contributed by atoms with Gasteiger partial charge in [0.15, 0.2) is 0 Å². The molecule has 0 amide bonds. The molecule has 0 unspecified atom stereocenters. The lowest BCUT2D eigenvalue weighted by Gasteiger charge is -2.32. The second-order valence-corrected chi connectivity index (χ2v) is 24.6. The molecule has 0 aliphatic heterocycles. The molecule has 8 aromatic rings. The molecule has 0 saturated carbocycles. The third kappa shape index (κ3) is 10.0. The topological polar surface area (TPSA) is 6.48 Å². The quantitative estimate of drug-likeness (QED) is 0.142. The van der Waals surface area contributed by atoms with Crippen LogP contribution in [0, 0.1) is 0 Å². The van der Waals surface area contributed by atoms with Gasteiger partial charge in [-0.15, -0.1) is 11.3 Å². The van der Waals surface area contributed by atoms with Crippen LogP contribution >= 0.6 is 34.5 Å². The van der Waals surface area contributed by atoms with Crippen molar-refractivity contribution in [3.63, 3.8) is 0 Å². The van der Waals surface area contributed by atoms with Crippen molar-refractivity contribution in [1.82, 2.24) is 0 Å². The fraction of sp³-hybridized carbons (Fsp3) is 0.302. The third-order valence-electron chi connectivity index (χ3n) is 13.4. The summed E-state index contributed by atoms with van der Waals surface area (Å²) in [7, 11) is 0. The lowest BCUT2D eigenvalue weighted by molar-refractivity contribution is 0.590. The molecular weight excluding hydrogens is 888 g/mol. The molecule has 0 fully saturated rings. The smallest absolute Gasteiger partial charge is 0.0887 e. The lowest BCUT2D eigenvalue weighted by Crippen LogP contribution is -2.16. The number of hydrogen-bond donors (Lipinski definition) is 0. The zero-order valence-electron chi connectivity index (χ0n) is 42.6. The summed E-state index contributed by atoms with van der Waals surface area (Å²) in [5.74, 6) is 0.402. The molecule has 2 nitrogen and oxygen atoms in total. The maximum atomic E-state index is 8.03. The lowest BCUT2D eigenvalue weighted by atomic mass is 9.84. The van der Waals surface area contributed by atoms with Crippen molar-refractivity contribution in [2.75, 3.05) is 9.80 Å². The molecule has 8 rings (SSSR count). The standard InChI is InChI=1S/C63H68Cl2N2S/c1-40(2)41-22-30-48(31-23-41)66(57-39-68-58-35-29-46(36-52(57)58)62(9,10)11)55-16-15-17-56(59(55)65)67(54-34-28-47(37-53(54)64)63(12,13)14)49-32-33-50(42-18-24-44(25-19-42)60(3,4)5)51(38-49)43-20-26-45(27-21-43)61(6,7)8/h15-40H,1-14H3. The van der Waals surface area contributed by atoms with Crippen molar-refractivity contribution in [3.8, 4) is 22.3 Å². The Bertz CT molecular complexity index is 3070. The van der Waals surface area contributed by atoms with E-state index >= 15 is 0 Å². The van der Waals surface area contributed by atoms with Gasteiger partial charge in [-0.25, -0.2) is 0 Å². The van der Waals surface area contributed by atoms with Crippen LogP contribution in [-0.2, 0) is 21.7 Å². The fourth-order valence-corrected chi connectivity index (χ4v) is 10.4. The Morgan fingerprint density at radius 1 is 0.426 bits per heavy atom. The van der Waals surface area contributed by atoms with E-state index in [1.54, 1.807) is 11.3 Å². The molecule has 68 heavy (non-hydrogen) atoms. The number of anilines is 6. The number of benzene rings is 7. The van der Waals surface area contributed by atoms with E-state index in [1.165, 1.54) is 32.3 Å². The molecule has 5 heteroatoms. The third-order valence-corrected chi connectivity index (χ3v) is 15.0. The van der Waals surface area contributed by atoms with Gasteiger partial charge in [-0.3, -0.25) is 0 Å². The van der Waals surface area contributed by atoms with Crippen LogP contribution in [0.25, 0.3) is 32.3 Å². The molecule has 1 heterocycles. The molecular formula is C63H68Cl2N2S. The van der Waals surface area contributed by atoms with Gasteiger partial charge in [0, 0.05) is 26.8 Å². The van der Waals surface area contributed by atoms with Crippen molar-refractivity contribution in [1.29, 1.82) is 0 Å². The Labute approximate surface area is 421 Å². The first-order valence-electron chi connectivity index (χ1n) is 24.1. The molecule has 0 radical (unpaired) electrons. The van der Waals surface area contributed by atoms with E-state index in [9.17, 15) is 0 Å². The molecule has 0 aliphatic rings. The predicted molar refractivity (Wildman–Crippen MR) is 301 cm³/mol. The van der Waals surface area contributed by atoms with Crippen LogP contribution in [0.3, 0.4) is 0 Å². The molecule has 0 bridgehead atoms. The first-order valence-corrected chi connectivity index (χ1v) is 25.7. The minimum atomic E-state index is -0.0943. The first-order chi connectivity index (χ1) is 31.9. The van der Waals surface area contributed by atoms with Crippen LogP contribution < -0.4 is 9.80 Å². The van der Waals surface area contributed by atoms with Gasteiger partial charge in [0.2, 0.25) is 0 Å². The summed E-state index contributed by atoms with van der Waals surface area (Å²) in [4.78, 5) is 4.60. The van der Waals surface area contributed by atoms with Crippen molar-refractivity contribution in [2.45, 2.75) is 125 Å². The Morgan fingerprint density at radius 3 is 1.41 bits per heavy atom. The van der Waals surface area contributed by atoms with Gasteiger partial charge < -0.3 is 9.80 Å². The van der Waals surface area contributed by atoms with Gasteiger partial charge in [0.25, 0.3) is 0 Å². The summed E-state index contributed by atoms with van der Waals surface area (Å²) in [5.41, 5.74) is 16.5. The number of halogens is 2. The molecule has 0 atom stereocenters. The number of rotatable bonds is 9. The van der Waals surface area contributed by atoms with Crippen LogP contribution in [0.4, 0.5) is 34.1 Å². The largest absolute Gasteiger partial charge is 0.307 e. The minimum absolute atomic E-state index is 0.0179. The minimum Gasteiger partial charge on any atom is -0.307 e. The van der Waals surface area contributed by atoms with Gasteiger partial charge in [0.05, 0.1) is 32.8 Å². The van der Waals surface area contributed by atoms with E-state index in [4.69, 9.17) is 23.2 Å². The molecule has 7 aromatic carbocycles. The van der Waals surface area contributed by atoms with Crippen LogP contribution in [0.15, 0.2) is 151 Å². The molecule has 350 valence electrons. The summed E-state index contributed by atoms with van der Waals surface area (Å²) >= 11 is 17.3. The first kappa shape index (κ1) is 49.1. The van der Waals surface area contributed by atoms with E-state index in [1.807, 2.05) is 0 Å². The van der Waals surface area contributed by atoms with Crippen LogP contribution in [0.5, 0.6) is 0 Å². The highest BCUT2D eigenvalue weighted by molar-refractivity contribution is 7.17. The second-order valence-electron chi connectivity index (χ2n) is 22.9. The van der Waals surface area contributed by atoms with Gasteiger partial charge in [-0.1, -0.05) is 205 Å². The number of fused-ring (bicyclic) bond motifs is 1. The Morgan fingerprint density at radius 2 is 0.897 bits per heavy atom. The van der Waals surface area contributed by atoms with Gasteiger partial charge >= 0.3 is 0 Å². The van der Waals surface area contributed by atoms with Crippen molar-refractivity contribution in [2.24, 2.45) is 0 Å². The highest BCUT2D eigenvalue weighted by Gasteiger charge is 2.28. The SMILES string of the molecule is CC(C)c1ccc(N(c2cccc(N(c3ccc(-c4ccc(C(C)(C)C)cc4)c(-c4ccc(C(C)(C)C)cc4)c3)c3ccc(C(C)(C)C)cc3Cl)c2Cl)c2csc3ccc(C(C)(C)C)cc23)cc1. The van der Waals surface area contributed by atoms with Gasteiger partial charge in [-0.2, -0.15) is 0 Å². The zero-order valence-corrected chi connectivity index (χ0v) is 44.9. The van der Waals surface area contributed by atoms with Crippen LogP contribution in [0.1, 0.15) is 131 Å². The predicted octanol–water partition coefficient (Wildman–Crippen LogP) is 20.8. The van der Waals surface area contributed by atoms with Crippen LogP contribution in [-0.4, -0.2) is 0 Å². The van der Waals surface area contributed by atoms with E-state index in [0.29, 0.717) is 16.0 Å². The average molecular weight is 956 g/mol. The molecule has 0 aliphatic carbocycles. The summed E-state index contributed by atoms with van der Waals surface area (Å²) in [6, 6.07) is 53.7. The highest BCUT2D eigenvalue weighted by atomic mass is 35.5. The summed E-state index contributed by atoms with van der Waals surface area (Å²) < 4.78 is 1.23. The van der Waals surface area contributed by atoms with E-state index in [2.05, 4.69) is 258 Å².